The SMILES string of the molecule is O=C1c2[nH]nc(-c3ccc(Cl)cc3)c2C(c2cccc(Cl)c2)N1Cc1ccc(Cl)cc1. The summed E-state index contributed by atoms with van der Waals surface area (Å²) < 4.78 is 0. The minimum absolute atomic E-state index is 0.109. The van der Waals surface area contributed by atoms with Crippen LogP contribution in [0, 0.1) is 0 Å². The molecule has 0 spiro atoms. The highest BCUT2D eigenvalue weighted by molar-refractivity contribution is 6.31. The summed E-state index contributed by atoms with van der Waals surface area (Å²) in [6, 6.07) is 22.2. The van der Waals surface area contributed by atoms with Crippen LogP contribution in [0.15, 0.2) is 72.8 Å². The first-order chi connectivity index (χ1) is 15.0. The van der Waals surface area contributed by atoms with Crippen LogP contribution < -0.4 is 0 Å². The van der Waals surface area contributed by atoms with Gasteiger partial charge in [-0.05, 0) is 47.5 Å². The Bertz CT molecular complexity index is 1270. The summed E-state index contributed by atoms with van der Waals surface area (Å²) in [7, 11) is 0. The third kappa shape index (κ3) is 3.72. The molecule has 1 aliphatic heterocycles. The molecule has 1 unspecified atom stereocenters. The number of halogens is 3. The van der Waals surface area contributed by atoms with E-state index in [4.69, 9.17) is 34.8 Å². The first kappa shape index (κ1) is 20.1. The Labute approximate surface area is 194 Å². The molecule has 7 heteroatoms. The normalized spacial score (nSPS) is 15.4. The molecular weight excluding hydrogens is 453 g/mol. The fourth-order valence-corrected chi connectivity index (χ4v) is 4.45. The van der Waals surface area contributed by atoms with Gasteiger partial charge < -0.3 is 4.90 Å². The van der Waals surface area contributed by atoms with Crippen molar-refractivity contribution in [3.8, 4) is 11.3 Å². The van der Waals surface area contributed by atoms with Crippen LogP contribution in [-0.2, 0) is 6.54 Å². The van der Waals surface area contributed by atoms with E-state index in [0.717, 1.165) is 27.9 Å². The van der Waals surface area contributed by atoms with Crippen LogP contribution in [0.5, 0.6) is 0 Å². The number of carbonyl (C=O) groups excluding carboxylic acids is 1. The summed E-state index contributed by atoms with van der Waals surface area (Å²) in [6.07, 6.45) is 0. The van der Waals surface area contributed by atoms with Crippen molar-refractivity contribution < 1.29 is 4.79 Å². The summed E-state index contributed by atoms with van der Waals surface area (Å²) in [5.41, 5.74) is 4.84. The monoisotopic (exact) mass is 467 g/mol. The van der Waals surface area contributed by atoms with Crippen molar-refractivity contribution in [1.29, 1.82) is 0 Å². The number of H-pyrrole nitrogens is 1. The van der Waals surface area contributed by atoms with E-state index in [-0.39, 0.29) is 11.9 Å². The first-order valence-electron chi connectivity index (χ1n) is 9.66. The molecule has 1 N–H and O–H groups in total. The van der Waals surface area contributed by atoms with Crippen LogP contribution in [0.4, 0.5) is 0 Å². The Kier molecular flexibility index (Phi) is 5.22. The number of aromatic nitrogens is 2. The Morgan fingerprint density at radius 2 is 1.55 bits per heavy atom. The number of nitrogens with zero attached hydrogens (tertiary/aromatic N) is 2. The number of hydrogen-bond donors (Lipinski definition) is 1. The van der Waals surface area contributed by atoms with Gasteiger partial charge in [-0.25, -0.2) is 0 Å². The van der Waals surface area contributed by atoms with Crippen LogP contribution in [0.2, 0.25) is 15.1 Å². The lowest BCUT2D eigenvalue weighted by atomic mass is 9.96. The molecule has 4 aromatic rings. The summed E-state index contributed by atoms with van der Waals surface area (Å²) in [5.74, 6) is -0.109. The Morgan fingerprint density at radius 1 is 0.871 bits per heavy atom. The molecule has 0 bridgehead atoms. The van der Waals surface area contributed by atoms with Crippen LogP contribution in [0.3, 0.4) is 0 Å². The predicted octanol–water partition coefficient (Wildman–Crippen LogP) is 6.78. The van der Waals surface area contributed by atoms with Crippen molar-refractivity contribution in [3.05, 3.63) is 110 Å². The minimum Gasteiger partial charge on any atom is -0.322 e. The maximum Gasteiger partial charge on any atom is 0.273 e. The molecule has 1 atom stereocenters. The summed E-state index contributed by atoms with van der Waals surface area (Å²) in [6.45, 7) is 0.426. The number of nitrogens with one attached hydrogen (secondary N) is 1. The van der Waals surface area contributed by atoms with Gasteiger partial charge >= 0.3 is 0 Å². The van der Waals surface area contributed by atoms with E-state index in [1.807, 2.05) is 77.7 Å². The molecule has 0 aliphatic carbocycles. The Balaban J connectivity index is 1.64. The molecule has 4 nitrogen and oxygen atoms in total. The molecule has 0 saturated carbocycles. The lowest BCUT2D eigenvalue weighted by molar-refractivity contribution is 0.0730. The summed E-state index contributed by atoms with van der Waals surface area (Å²) in [4.78, 5) is 15.2. The number of aromatic amines is 1. The molecule has 0 fully saturated rings. The van der Waals surface area contributed by atoms with E-state index in [1.54, 1.807) is 0 Å². The van der Waals surface area contributed by atoms with E-state index < -0.39 is 0 Å². The minimum atomic E-state index is -0.332. The second-order valence-electron chi connectivity index (χ2n) is 7.38. The topological polar surface area (TPSA) is 49.0 Å². The fourth-order valence-electron chi connectivity index (χ4n) is 4.00. The van der Waals surface area contributed by atoms with Gasteiger partial charge in [-0.15, -0.1) is 0 Å². The highest BCUT2D eigenvalue weighted by atomic mass is 35.5. The zero-order valence-electron chi connectivity index (χ0n) is 16.1. The average Bonchev–Trinajstić information content (AvgIpc) is 3.30. The van der Waals surface area contributed by atoms with Gasteiger partial charge in [-0.2, -0.15) is 5.10 Å². The molecule has 3 aromatic carbocycles. The van der Waals surface area contributed by atoms with Crippen molar-refractivity contribution in [3.63, 3.8) is 0 Å². The number of rotatable bonds is 4. The standard InChI is InChI=1S/C24H16Cl3N3O/c25-17-8-4-14(5-9-17)13-30-23(16-2-1-3-19(27)12-16)20-21(28-29-22(20)24(30)31)15-6-10-18(26)11-7-15/h1-12,23H,13H2,(H,28,29). The maximum absolute atomic E-state index is 13.4. The van der Waals surface area contributed by atoms with Crippen molar-refractivity contribution in [2.75, 3.05) is 0 Å². The van der Waals surface area contributed by atoms with E-state index >= 15 is 0 Å². The zero-order chi connectivity index (χ0) is 21.5. The van der Waals surface area contributed by atoms with Crippen molar-refractivity contribution in [2.24, 2.45) is 0 Å². The number of carbonyl (C=O) groups is 1. The third-order valence-electron chi connectivity index (χ3n) is 5.41. The highest BCUT2D eigenvalue weighted by Crippen LogP contribution is 2.44. The van der Waals surface area contributed by atoms with Gasteiger partial charge in [0.1, 0.15) is 5.69 Å². The van der Waals surface area contributed by atoms with E-state index in [0.29, 0.717) is 27.3 Å². The number of benzene rings is 3. The van der Waals surface area contributed by atoms with Gasteiger partial charge in [0.2, 0.25) is 0 Å². The van der Waals surface area contributed by atoms with Gasteiger partial charge in [0.05, 0.1) is 11.7 Å². The van der Waals surface area contributed by atoms with Crippen molar-refractivity contribution >= 4 is 40.7 Å². The smallest absolute Gasteiger partial charge is 0.273 e. The molecule has 1 amide bonds. The van der Waals surface area contributed by atoms with Crippen molar-refractivity contribution in [2.45, 2.75) is 12.6 Å². The van der Waals surface area contributed by atoms with E-state index in [9.17, 15) is 4.79 Å². The number of fused-ring (bicyclic) bond motifs is 1. The third-order valence-corrected chi connectivity index (χ3v) is 6.15. The Hall–Kier alpha value is -2.79. The summed E-state index contributed by atoms with van der Waals surface area (Å²) >= 11 is 18.4. The number of amides is 1. The van der Waals surface area contributed by atoms with Gasteiger partial charge in [0.15, 0.2) is 0 Å². The van der Waals surface area contributed by atoms with Gasteiger partial charge in [0.25, 0.3) is 5.91 Å². The zero-order valence-corrected chi connectivity index (χ0v) is 18.4. The lowest BCUT2D eigenvalue weighted by Crippen LogP contribution is -2.29. The molecule has 1 aliphatic rings. The predicted molar refractivity (Wildman–Crippen MR) is 124 cm³/mol. The van der Waals surface area contributed by atoms with Gasteiger partial charge in [-0.1, -0.05) is 71.2 Å². The molecule has 0 saturated heterocycles. The first-order valence-corrected chi connectivity index (χ1v) is 10.8. The molecule has 2 heterocycles. The second-order valence-corrected chi connectivity index (χ2v) is 8.69. The molecule has 31 heavy (non-hydrogen) atoms. The second kappa shape index (κ2) is 8.04. The quantitative estimate of drug-likeness (QED) is 0.359. The Morgan fingerprint density at radius 3 is 2.23 bits per heavy atom. The molecule has 1 aromatic heterocycles. The number of hydrogen-bond acceptors (Lipinski definition) is 2. The van der Waals surface area contributed by atoms with E-state index in [2.05, 4.69) is 10.2 Å². The molecule has 154 valence electrons. The molecule has 0 radical (unpaired) electrons. The molecular formula is C24H16Cl3N3O. The van der Waals surface area contributed by atoms with Crippen molar-refractivity contribution in [1.82, 2.24) is 15.1 Å². The van der Waals surface area contributed by atoms with Crippen LogP contribution in [0.1, 0.15) is 33.2 Å². The average molecular weight is 469 g/mol. The lowest BCUT2D eigenvalue weighted by Gasteiger charge is -2.26. The highest BCUT2D eigenvalue weighted by Gasteiger charge is 2.42. The van der Waals surface area contributed by atoms with Gasteiger partial charge in [-0.3, -0.25) is 9.89 Å². The molecule has 5 rings (SSSR count). The van der Waals surface area contributed by atoms with E-state index in [1.165, 1.54) is 0 Å². The van der Waals surface area contributed by atoms with Crippen LogP contribution in [0.25, 0.3) is 11.3 Å². The maximum atomic E-state index is 13.4. The van der Waals surface area contributed by atoms with Crippen LogP contribution >= 0.6 is 34.8 Å². The van der Waals surface area contributed by atoms with Gasteiger partial charge in [0, 0.05) is 32.7 Å². The van der Waals surface area contributed by atoms with Crippen LogP contribution in [-0.4, -0.2) is 21.0 Å². The largest absolute Gasteiger partial charge is 0.322 e. The fraction of sp³-hybridized carbons (Fsp3) is 0.0833. The summed E-state index contributed by atoms with van der Waals surface area (Å²) in [5, 5.41) is 9.34.